The molecule has 10 nitrogen and oxygen atoms in total. The summed E-state index contributed by atoms with van der Waals surface area (Å²) in [5.41, 5.74) is 7.13. The van der Waals surface area contributed by atoms with Gasteiger partial charge >= 0.3 is 16.4 Å². The first kappa shape index (κ1) is 46.8. The van der Waals surface area contributed by atoms with E-state index in [2.05, 4.69) is 19.2 Å². The Morgan fingerprint density at radius 2 is 1.09 bits per heavy atom. The maximum atomic E-state index is 15.6. The fraction of sp³-hybridized carbons (Fsp3) is 0.148. The average molecular weight is 953 g/mol. The molecule has 67 heavy (non-hydrogen) atoms. The molecule has 0 aliphatic carbocycles. The Bertz CT molecular complexity index is 2950. The van der Waals surface area contributed by atoms with Gasteiger partial charge in [-0.3, -0.25) is 0 Å². The Morgan fingerprint density at radius 3 is 1.73 bits per heavy atom. The monoisotopic (exact) mass is 952 g/mol. The van der Waals surface area contributed by atoms with Crippen molar-refractivity contribution in [2.45, 2.75) is 40.5 Å². The van der Waals surface area contributed by atoms with Crippen molar-refractivity contribution in [3.63, 3.8) is 0 Å². The molecule has 3 unspecified atom stereocenters. The van der Waals surface area contributed by atoms with Crippen LogP contribution in [0.15, 0.2) is 165 Å². The summed E-state index contributed by atoms with van der Waals surface area (Å²) in [7, 11) is -5.48. The van der Waals surface area contributed by atoms with Crippen LogP contribution in [0.3, 0.4) is 0 Å². The van der Waals surface area contributed by atoms with Gasteiger partial charge in [0.15, 0.2) is 31.1 Å². The Balaban J connectivity index is 1.26. The van der Waals surface area contributed by atoms with Crippen LogP contribution in [-0.4, -0.2) is 14.2 Å². The van der Waals surface area contributed by atoms with Gasteiger partial charge in [0, 0.05) is 10.9 Å². The third-order valence-electron chi connectivity index (χ3n) is 10.8. The number of ether oxygens (including phenoxy) is 2. The quantitative estimate of drug-likeness (QED) is 0.0575. The number of hydrogen-bond acceptors (Lipinski definition) is 10. The van der Waals surface area contributed by atoms with Crippen LogP contribution in [0.5, 0.6) is 51.7 Å². The normalized spacial score (nSPS) is 13.9. The standard InChI is InChI=1S/C54H51O10P3/c1-9-17-40-27-30-46(49(33-40)56-7)60-66(61-53-36(3)19-15-20-37(53)4)58-42-29-32-48(52(35-42)65-51-26-14-12-24-44(51)43-23-11-13-25-45(43)59-65)63-67(55,64-54-38(5)21-16-22-39(54)6)62-47-31-28-41(18-10-2)34-50(47)57-8/h9-16,19-35H,1-2,17-18H2,3-8H3. The summed E-state index contributed by atoms with van der Waals surface area (Å²) in [5, 5.41) is 1.42. The van der Waals surface area contributed by atoms with E-state index in [-0.39, 0.29) is 11.5 Å². The molecule has 342 valence electrons. The maximum Gasteiger partial charge on any atom is 0.647 e. The second-order valence-corrected chi connectivity index (χ2v) is 19.8. The van der Waals surface area contributed by atoms with Crippen LogP contribution in [0.25, 0.3) is 11.1 Å². The van der Waals surface area contributed by atoms with Crippen molar-refractivity contribution in [2.75, 3.05) is 14.2 Å². The first-order chi connectivity index (χ1) is 32.5. The molecule has 0 N–H and O–H groups in total. The second-order valence-electron chi connectivity index (χ2n) is 15.6. The minimum Gasteiger partial charge on any atom is -0.493 e. The number of fused-ring (bicyclic) bond motifs is 3. The van der Waals surface area contributed by atoms with E-state index in [1.165, 1.54) is 7.11 Å². The Morgan fingerprint density at radius 1 is 0.537 bits per heavy atom. The molecule has 13 heteroatoms. The van der Waals surface area contributed by atoms with E-state index in [1.54, 1.807) is 43.5 Å². The highest BCUT2D eigenvalue weighted by Crippen LogP contribution is 2.56. The van der Waals surface area contributed by atoms with Gasteiger partial charge in [-0.15, -0.1) is 13.2 Å². The minimum atomic E-state index is -4.65. The van der Waals surface area contributed by atoms with E-state index in [9.17, 15) is 0 Å². The smallest absolute Gasteiger partial charge is 0.493 e. The van der Waals surface area contributed by atoms with Crippen molar-refractivity contribution in [1.82, 2.24) is 0 Å². The minimum absolute atomic E-state index is 0.157. The zero-order valence-corrected chi connectivity index (χ0v) is 40.9. The third-order valence-corrected chi connectivity index (χ3v) is 15.1. The molecule has 0 bridgehead atoms. The number of para-hydroxylation sites is 3. The number of phosphoric acid groups is 1. The van der Waals surface area contributed by atoms with Crippen LogP contribution in [0.4, 0.5) is 0 Å². The number of allylic oxidation sites excluding steroid dienone is 2. The summed E-state index contributed by atoms with van der Waals surface area (Å²) in [5.74, 6) is 3.61. The maximum absolute atomic E-state index is 15.6. The first-order valence-electron chi connectivity index (χ1n) is 21.5. The number of aryl methyl sites for hydroxylation is 4. The molecule has 0 amide bonds. The number of hydrogen-bond donors (Lipinski definition) is 0. The van der Waals surface area contributed by atoms with Crippen LogP contribution >= 0.6 is 24.6 Å². The van der Waals surface area contributed by atoms with Crippen LogP contribution < -0.4 is 51.7 Å². The summed E-state index contributed by atoms with van der Waals surface area (Å²) in [6, 6.07) is 43.6. The summed E-state index contributed by atoms with van der Waals surface area (Å²) >= 11 is 0. The Labute approximate surface area is 395 Å². The van der Waals surface area contributed by atoms with Gasteiger partial charge in [0.05, 0.1) is 19.5 Å². The molecule has 0 saturated heterocycles. The molecular weight excluding hydrogens is 902 g/mol. The van der Waals surface area contributed by atoms with E-state index in [0.717, 1.165) is 49.8 Å². The van der Waals surface area contributed by atoms with Gasteiger partial charge in [-0.25, -0.2) is 0 Å². The van der Waals surface area contributed by atoms with Crippen LogP contribution in [0.2, 0.25) is 0 Å². The molecule has 1 heterocycles. The van der Waals surface area contributed by atoms with Crippen molar-refractivity contribution in [3.05, 3.63) is 198 Å². The molecule has 7 aromatic rings. The average Bonchev–Trinajstić information content (AvgIpc) is 3.32. The topological polar surface area (TPSA) is 100 Å². The zero-order chi connectivity index (χ0) is 47.1. The second kappa shape index (κ2) is 20.9. The number of phosphoric ester groups is 1. The summed E-state index contributed by atoms with van der Waals surface area (Å²) in [6.07, 6.45) is 4.86. The lowest BCUT2D eigenvalue weighted by atomic mass is 10.0. The zero-order valence-electron chi connectivity index (χ0n) is 38.2. The number of methoxy groups -OCH3 is 2. The first-order valence-corrected chi connectivity index (χ1v) is 25.3. The lowest BCUT2D eigenvalue weighted by molar-refractivity contribution is 0.290. The summed E-state index contributed by atoms with van der Waals surface area (Å²) in [6.45, 7) is 15.4. The van der Waals surface area contributed by atoms with Crippen molar-refractivity contribution in [1.29, 1.82) is 0 Å². The van der Waals surface area contributed by atoms with E-state index < -0.39 is 24.6 Å². The van der Waals surface area contributed by atoms with Gasteiger partial charge in [-0.05, 0) is 128 Å². The number of benzene rings is 7. The lowest BCUT2D eigenvalue weighted by Gasteiger charge is -2.30. The molecule has 0 aromatic heterocycles. The van der Waals surface area contributed by atoms with Crippen LogP contribution in [0.1, 0.15) is 33.4 Å². The predicted octanol–water partition coefficient (Wildman–Crippen LogP) is 14.2. The van der Waals surface area contributed by atoms with E-state index in [0.29, 0.717) is 58.4 Å². The van der Waals surface area contributed by atoms with Crippen molar-refractivity contribution < 1.29 is 45.7 Å². The highest BCUT2D eigenvalue weighted by molar-refractivity contribution is 7.69. The number of rotatable bonds is 19. The van der Waals surface area contributed by atoms with Gasteiger partial charge in [-0.1, -0.05) is 103 Å². The molecule has 0 radical (unpaired) electrons. The van der Waals surface area contributed by atoms with Gasteiger partial charge in [-0.2, -0.15) is 4.57 Å². The highest BCUT2D eigenvalue weighted by atomic mass is 31.2. The molecule has 8 rings (SSSR count). The summed E-state index contributed by atoms with van der Waals surface area (Å²) in [4.78, 5) is 0. The SMILES string of the molecule is C=CCc1ccc(OP(Oc2ccc(OP(=O)(Oc3ccc(CC=C)cc3OC)Oc3c(C)cccc3C)c(P3Oc4ccccc4-c4ccccc43)c2)Oc2c(C)cccc2C)c(OC)c1. The predicted molar refractivity (Wildman–Crippen MR) is 269 cm³/mol. The van der Waals surface area contributed by atoms with Crippen LogP contribution in [0, 0.1) is 27.7 Å². The highest BCUT2D eigenvalue weighted by Gasteiger charge is 2.39. The van der Waals surface area contributed by atoms with Crippen molar-refractivity contribution in [3.8, 4) is 62.9 Å². The fourth-order valence-electron chi connectivity index (χ4n) is 7.52. The molecule has 0 fully saturated rings. The van der Waals surface area contributed by atoms with E-state index in [1.807, 2.05) is 137 Å². The van der Waals surface area contributed by atoms with Crippen LogP contribution in [-0.2, 0) is 17.4 Å². The van der Waals surface area contributed by atoms with Gasteiger partial charge in [0.25, 0.3) is 0 Å². The Hall–Kier alpha value is -6.69. The molecule has 1 aliphatic rings. The molecule has 0 spiro atoms. The Kier molecular flexibility index (Phi) is 14.6. The molecule has 7 aromatic carbocycles. The molecule has 0 saturated carbocycles. The van der Waals surface area contributed by atoms with E-state index >= 15 is 4.57 Å². The summed E-state index contributed by atoms with van der Waals surface area (Å²) < 4.78 is 73.5. The van der Waals surface area contributed by atoms with Gasteiger partial charge in [0.1, 0.15) is 28.7 Å². The molecule has 3 atom stereocenters. The lowest BCUT2D eigenvalue weighted by Crippen LogP contribution is -2.23. The molecule has 1 aliphatic heterocycles. The van der Waals surface area contributed by atoms with Crippen molar-refractivity contribution >= 4 is 35.2 Å². The largest absolute Gasteiger partial charge is 0.647 e. The van der Waals surface area contributed by atoms with Gasteiger partial charge < -0.3 is 41.1 Å². The third kappa shape index (κ3) is 10.6. The molecular formula is C54H51O10P3. The fourth-order valence-corrected chi connectivity index (χ4v) is 12.2. The van der Waals surface area contributed by atoms with Gasteiger partial charge in [0.2, 0.25) is 0 Å². The van der Waals surface area contributed by atoms with Crippen molar-refractivity contribution in [2.24, 2.45) is 0 Å². The van der Waals surface area contributed by atoms with E-state index in [4.69, 9.17) is 41.1 Å².